The van der Waals surface area contributed by atoms with Gasteiger partial charge in [-0.25, -0.2) is 4.72 Å². The maximum absolute atomic E-state index is 12.0. The van der Waals surface area contributed by atoms with E-state index in [1.807, 2.05) is 0 Å². The fourth-order valence-electron chi connectivity index (χ4n) is 2.55. The van der Waals surface area contributed by atoms with Gasteiger partial charge in [-0.2, -0.15) is 12.7 Å². The quantitative estimate of drug-likeness (QED) is 0.698. The van der Waals surface area contributed by atoms with Gasteiger partial charge in [0, 0.05) is 26.7 Å². The maximum Gasteiger partial charge on any atom is 0.279 e. The van der Waals surface area contributed by atoms with Gasteiger partial charge >= 0.3 is 0 Å². The standard InChI is InChI=1S/C12H26N2O3S/c1-3-12(7-4-5-8-12)11-13-18(16,17)14(2)9-6-10-15/h13,15H,3-11H2,1-2H3. The van der Waals surface area contributed by atoms with Gasteiger partial charge in [0.1, 0.15) is 0 Å². The van der Waals surface area contributed by atoms with Crippen LogP contribution >= 0.6 is 0 Å². The lowest BCUT2D eigenvalue weighted by molar-refractivity contribution is 0.270. The van der Waals surface area contributed by atoms with E-state index in [-0.39, 0.29) is 12.0 Å². The molecule has 0 aromatic rings. The lowest BCUT2D eigenvalue weighted by atomic mass is 9.84. The summed E-state index contributed by atoms with van der Waals surface area (Å²) in [6, 6.07) is 0. The number of nitrogens with one attached hydrogen (secondary N) is 1. The number of aliphatic hydroxyl groups is 1. The Kier molecular flexibility index (Phi) is 6.04. The minimum absolute atomic E-state index is 0.0127. The summed E-state index contributed by atoms with van der Waals surface area (Å²) in [7, 11) is -1.85. The molecule has 0 amide bonds. The average molecular weight is 278 g/mol. The Labute approximate surface area is 111 Å². The molecule has 2 N–H and O–H groups in total. The molecule has 1 aliphatic rings. The van der Waals surface area contributed by atoms with Gasteiger partial charge in [-0.15, -0.1) is 0 Å². The first-order valence-electron chi connectivity index (χ1n) is 6.77. The predicted molar refractivity (Wildman–Crippen MR) is 72.4 cm³/mol. The zero-order valence-electron chi connectivity index (χ0n) is 11.5. The average Bonchev–Trinajstić information content (AvgIpc) is 2.83. The fourth-order valence-corrected chi connectivity index (χ4v) is 3.63. The van der Waals surface area contributed by atoms with Crippen LogP contribution in [0.1, 0.15) is 45.4 Å². The molecule has 1 aliphatic carbocycles. The number of rotatable bonds is 8. The third-order valence-corrected chi connectivity index (χ3v) is 5.60. The Morgan fingerprint density at radius 3 is 2.44 bits per heavy atom. The van der Waals surface area contributed by atoms with E-state index in [2.05, 4.69) is 11.6 Å². The van der Waals surface area contributed by atoms with Crippen molar-refractivity contribution in [3.05, 3.63) is 0 Å². The van der Waals surface area contributed by atoms with Gasteiger partial charge < -0.3 is 5.11 Å². The first-order chi connectivity index (χ1) is 8.46. The summed E-state index contributed by atoms with van der Waals surface area (Å²) in [5.41, 5.74) is 0.158. The molecule has 6 heteroatoms. The van der Waals surface area contributed by atoms with Gasteiger partial charge in [0.05, 0.1) is 0 Å². The molecule has 0 aromatic carbocycles. The highest BCUT2D eigenvalue weighted by atomic mass is 32.2. The Hall–Kier alpha value is -0.170. The van der Waals surface area contributed by atoms with Gasteiger partial charge in [-0.3, -0.25) is 0 Å². The summed E-state index contributed by atoms with van der Waals surface area (Å²) in [4.78, 5) is 0. The molecule has 1 rings (SSSR count). The lowest BCUT2D eigenvalue weighted by Crippen LogP contribution is -2.43. The van der Waals surface area contributed by atoms with Crippen molar-refractivity contribution in [2.45, 2.75) is 45.4 Å². The zero-order valence-corrected chi connectivity index (χ0v) is 12.3. The molecule has 0 saturated heterocycles. The third kappa shape index (κ3) is 4.19. The number of aliphatic hydroxyl groups excluding tert-OH is 1. The van der Waals surface area contributed by atoms with Crippen LogP contribution in [0.3, 0.4) is 0 Å². The lowest BCUT2D eigenvalue weighted by Gasteiger charge is -2.28. The molecule has 18 heavy (non-hydrogen) atoms. The predicted octanol–water partition coefficient (Wildman–Crippen LogP) is 1.11. The van der Waals surface area contributed by atoms with Gasteiger partial charge in [-0.05, 0) is 31.1 Å². The molecule has 0 bridgehead atoms. The van der Waals surface area contributed by atoms with E-state index in [1.54, 1.807) is 7.05 Å². The molecule has 0 spiro atoms. The molecule has 0 aliphatic heterocycles. The van der Waals surface area contributed by atoms with Crippen LogP contribution in [-0.2, 0) is 10.2 Å². The van der Waals surface area contributed by atoms with E-state index in [0.29, 0.717) is 19.5 Å². The largest absolute Gasteiger partial charge is 0.396 e. The normalized spacial score (nSPS) is 19.6. The van der Waals surface area contributed by atoms with Crippen molar-refractivity contribution in [1.82, 2.24) is 9.03 Å². The van der Waals surface area contributed by atoms with Gasteiger partial charge in [0.2, 0.25) is 0 Å². The van der Waals surface area contributed by atoms with Crippen molar-refractivity contribution in [2.24, 2.45) is 5.41 Å². The van der Waals surface area contributed by atoms with E-state index < -0.39 is 10.2 Å². The van der Waals surface area contributed by atoms with Crippen LogP contribution in [0.15, 0.2) is 0 Å². The van der Waals surface area contributed by atoms with E-state index in [4.69, 9.17) is 5.11 Å². The summed E-state index contributed by atoms with van der Waals surface area (Å²) in [5.74, 6) is 0. The van der Waals surface area contributed by atoms with Crippen LogP contribution in [0, 0.1) is 5.41 Å². The molecule has 1 fully saturated rings. The van der Waals surface area contributed by atoms with Crippen LogP contribution in [0.25, 0.3) is 0 Å². The van der Waals surface area contributed by atoms with Crippen LogP contribution in [0.4, 0.5) is 0 Å². The maximum atomic E-state index is 12.0. The van der Waals surface area contributed by atoms with Gasteiger partial charge in [0.15, 0.2) is 0 Å². The Balaban J connectivity index is 2.50. The molecule has 0 aromatic heterocycles. The fraction of sp³-hybridized carbons (Fsp3) is 1.00. The Morgan fingerprint density at radius 2 is 1.94 bits per heavy atom. The summed E-state index contributed by atoms with van der Waals surface area (Å²) < 4.78 is 28.0. The van der Waals surface area contributed by atoms with Crippen LogP contribution in [0.5, 0.6) is 0 Å². The smallest absolute Gasteiger partial charge is 0.279 e. The first kappa shape index (κ1) is 15.9. The molecule has 5 nitrogen and oxygen atoms in total. The van der Waals surface area contributed by atoms with Crippen molar-refractivity contribution in [1.29, 1.82) is 0 Å². The first-order valence-corrected chi connectivity index (χ1v) is 8.21. The molecule has 0 heterocycles. The van der Waals surface area contributed by atoms with E-state index in [9.17, 15) is 8.42 Å². The number of nitrogens with zero attached hydrogens (tertiary/aromatic N) is 1. The highest BCUT2D eigenvalue weighted by molar-refractivity contribution is 7.87. The topological polar surface area (TPSA) is 69.6 Å². The summed E-state index contributed by atoms with van der Waals surface area (Å²) in [5, 5.41) is 8.72. The van der Waals surface area contributed by atoms with Crippen molar-refractivity contribution in [3.8, 4) is 0 Å². The van der Waals surface area contributed by atoms with Crippen LogP contribution < -0.4 is 4.72 Å². The van der Waals surface area contributed by atoms with E-state index in [1.165, 1.54) is 17.1 Å². The third-order valence-electron chi connectivity index (χ3n) is 4.09. The van der Waals surface area contributed by atoms with Crippen LogP contribution in [-0.4, -0.2) is 44.6 Å². The molecule has 1 saturated carbocycles. The highest BCUT2D eigenvalue weighted by Crippen LogP contribution is 2.40. The van der Waals surface area contributed by atoms with Crippen molar-refractivity contribution in [2.75, 3.05) is 26.7 Å². The summed E-state index contributed by atoms with van der Waals surface area (Å²) in [6.07, 6.45) is 6.14. The SMILES string of the molecule is CCC1(CNS(=O)(=O)N(C)CCCO)CCCC1. The second kappa shape index (κ2) is 6.84. The van der Waals surface area contributed by atoms with Crippen molar-refractivity contribution in [3.63, 3.8) is 0 Å². The van der Waals surface area contributed by atoms with Gasteiger partial charge in [0.25, 0.3) is 10.2 Å². The molecular formula is C12H26N2O3S. The van der Waals surface area contributed by atoms with Crippen molar-refractivity contribution >= 4 is 10.2 Å². The Bertz CT molecular complexity index is 337. The minimum Gasteiger partial charge on any atom is -0.396 e. The number of hydrogen-bond acceptors (Lipinski definition) is 3. The zero-order chi connectivity index (χ0) is 13.6. The summed E-state index contributed by atoms with van der Waals surface area (Å²) >= 11 is 0. The minimum atomic E-state index is -3.40. The summed E-state index contributed by atoms with van der Waals surface area (Å²) in [6.45, 7) is 3.04. The molecule has 0 unspecified atom stereocenters. The molecule has 0 radical (unpaired) electrons. The molecular weight excluding hydrogens is 252 g/mol. The van der Waals surface area contributed by atoms with Crippen LogP contribution in [0.2, 0.25) is 0 Å². The van der Waals surface area contributed by atoms with Gasteiger partial charge in [-0.1, -0.05) is 19.8 Å². The molecule has 0 atom stereocenters. The second-order valence-corrected chi connectivity index (χ2v) is 7.15. The van der Waals surface area contributed by atoms with E-state index in [0.717, 1.165) is 19.3 Å². The number of hydrogen-bond donors (Lipinski definition) is 2. The Morgan fingerprint density at radius 1 is 1.33 bits per heavy atom. The second-order valence-electron chi connectivity index (χ2n) is 5.29. The van der Waals surface area contributed by atoms with Crippen molar-refractivity contribution < 1.29 is 13.5 Å². The molecule has 108 valence electrons. The monoisotopic (exact) mass is 278 g/mol. The van der Waals surface area contributed by atoms with E-state index >= 15 is 0 Å². The highest BCUT2D eigenvalue weighted by Gasteiger charge is 2.33.